The van der Waals surface area contributed by atoms with Crippen LogP contribution in [0.3, 0.4) is 0 Å². The minimum atomic E-state index is -0.828. The summed E-state index contributed by atoms with van der Waals surface area (Å²) >= 11 is 20.2. The van der Waals surface area contributed by atoms with Gasteiger partial charge in [-0.1, -0.05) is 76.5 Å². The monoisotopic (exact) mass is 749 g/mol. The summed E-state index contributed by atoms with van der Waals surface area (Å²) in [4.78, 5) is 33.4. The van der Waals surface area contributed by atoms with Crippen molar-refractivity contribution in [2.45, 2.75) is 19.6 Å². The SMILES string of the molecule is COc1ccc([C@@H]2C(C(=O)Nc3ccccc3)=C(C)N=c3s/c(=C\c4cc(Cl)c(OCc5ccc(Cl)cc5Cl)c(OC)c4)c(=O)n32)cc1OC. The van der Waals surface area contributed by atoms with Gasteiger partial charge in [0.05, 0.1) is 48.2 Å². The molecule has 50 heavy (non-hydrogen) atoms. The maximum Gasteiger partial charge on any atom is 0.271 e. The van der Waals surface area contributed by atoms with Gasteiger partial charge < -0.3 is 24.3 Å². The highest BCUT2D eigenvalue weighted by Gasteiger charge is 2.33. The Morgan fingerprint density at radius 1 is 0.900 bits per heavy atom. The second-order valence-electron chi connectivity index (χ2n) is 11.1. The number of carbonyl (C=O) groups is 1. The Bertz CT molecular complexity index is 2320. The van der Waals surface area contributed by atoms with Crippen LogP contribution in [0.25, 0.3) is 6.08 Å². The van der Waals surface area contributed by atoms with E-state index in [2.05, 4.69) is 5.32 Å². The third kappa shape index (κ3) is 7.11. The fraction of sp³-hybridized carbons (Fsp3) is 0.162. The van der Waals surface area contributed by atoms with Gasteiger partial charge in [-0.25, -0.2) is 4.99 Å². The average Bonchev–Trinajstić information content (AvgIpc) is 3.41. The molecule has 13 heteroatoms. The number of halogens is 3. The fourth-order valence-electron chi connectivity index (χ4n) is 5.57. The molecule has 1 aromatic heterocycles. The van der Waals surface area contributed by atoms with E-state index < -0.39 is 11.9 Å². The number of carbonyl (C=O) groups excluding carboxylic acids is 1. The normalized spacial score (nSPS) is 14.1. The number of nitrogens with zero attached hydrogens (tertiary/aromatic N) is 2. The van der Waals surface area contributed by atoms with Gasteiger partial charge in [-0.05, 0) is 72.7 Å². The van der Waals surface area contributed by atoms with Crippen molar-refractivity contribution >= 4 is 63.8 Å². The topological polar surface area (TPSA) is 100 Å². The standard InChI is InChI=1S/C37H30Cl3N3O6S/c1-20-32(35(44)42-25-8-6-5-7-9-25)33(22-11-13-28(46-2)29(17-22)47-3)43-36(45)31(50-37(43)41-20)16-21-14-27(40)34(30(15-21)48-4)49-19-23-10-12-24(38)18-26(23)39/h5-18,33H,19H2,1-4H3,(H,42,44)/b31-16-/t33-/m1/s1. The maximum atomic E-state index is 14.3. The number of methoxy groups -OCH3 is 3. The quantitative estimate of drug-likeness (QED) is 0.159. The van der Waals surface area contributed by atoms with Gasteiger partial charge in [-0.2, -0.15) is 0 Å². The number of benzene rings is 4. The van der Waals surface area contributed by atoms with E-state index in [1.165, 1.54) is 30.1 Å². The van der Waals surface area contributed by atoms with E-state index >= 15 is 0 Å². The summed E-state index contributed by atoms with van der Waals surface area (Å²) in [7, 11) is 4.57. The Morgan fingerprint density at radius 3 is 2.34 bits per heavy atom. The number of para-hydroxylation sites is 1. The number of hydrogen-bond acceptors (Lipinski definition) is 8. The van der Waals surface area contributed by atoms with Crippen LogP contribution < -0.4 is 39.2 Å². The van der Waals surface area contributed by atoms with Crippen molar-refractivity contribution in [1.82, 2.24) is 4.57 Å². The molecule has 0 bridgehead atoms. The smallest absolute Gasteiger partial charge is 0.271 e. The zero-order valence-electron chi connectivity index (χ0n) is 27.3. The van der Waals surface area contributed by atoms with E-state index in [-0.39, 0.29) is 17.2 Å². The summed E-state index contributed by atoms with van der Waals surface area (Å²) < 4.78 is 24.6. The lowest BCUT2D eigenvalue weighted by Gasteiger charge is -2.26. The molecule has 1 aliphatic rings. The first-order chi connectivity index (χ1) is 24.1. The lowest BCUT2D eigenvalue weighted by atomic mass is 9.94. The van der Waals surface area contributed by atoms with Crippen LogP contribution in [0.1, 0.15) is 29.7 Å². The van der Waals surface area contributed by atoms with Gasteiger partial charge in [0.25, 0.3) is 11.5 Å². The molecule has 0 unspecified atom stereocenters. The zero-order chi connectivity index (χ0) is 35.5. The number of nitrogens with one attached hydrogen (secondary N) is 1. The lowest BCUT2D eigenvalue weighted by molar-refractivity contribution is -0.113. The van der Waals surface area contributed by atoms with E-state index in [9.17, 15) is 9.59 Å². The number of hydrogen-bond donors (Lipinski definition) is 1. The molecule has 0 saturated heterocycles. The fourth-order valence-corrected chi connectivity index (χ4v) is 7.36. The predicted molar refractivity (Wildman–Crippen MR) is 197 cm³/mol. The number of rotatable bonds is 10. The van der Waals surface area contributed by atoms with Crippen LogP contribution in [0, 0.1) is 0 Å². The molecule has 1 N–H and O–H groups in total. The highest BCUT2D eigenvalue weighted by atomic mass is 35.5. The van der Waals surface area contributed by atoms with Crippen LogP contribution >= 0.6 is 46.1 Å². The summed E-state index contributed by atoms with van der Waals surface area (Å²) in [6.45, 7) is 1.88. The minimum absolute atomic E-state index is 0.125. The predicted octanol–water partition coefficient (Wildman–Crippen LogP) is 7.44. The highest BCUT2D eigenvalue weighted by Crippen LogP contribution is 2.38. The van der Waals surface area contributed by atoms with Crippen molar-refractivity contribution in [1.29, 1.82) is 0 Å². The third-order valence-electron chi connectivity index (χ3n) is 7.96. The molecule has 9 nitrogen and oxygen atoms in total. The zero-order valence-corrected chi connectivity index (χ0v) is 30.3. The molecule has 1 aliphatic heterocycles. The van der Waals surface area contributed by atoms with Gasteiger partial charge in [0, 0.05) is 21.3 Å². The third-order valence-corrected chi connectivity index (χ3v) is 9.81. The molecule has 0 radical (unpaired) electrons. The van der Waals surface area contributed by atoms with Gasteiger partial charge in [-0.15, -0.1) is 0 Å². The lowest BCUT2D eigenvalue weighted by Crippen LogP contribution is -2.40. The number of allylic oxidation sites excluding steroid dienone is 1. The molecular formula is C37H30Cl3N3O6S. The van der Waals surface area contributed by atoms with Gasteiger partial charge in [0.2, 0.25) is 0 Å². The highest BCUT2D eigenvalue weighted by molar-refractivity contribution is 7.07. The van der Waals surface area contributed by atoms with Crippen molar-refractivity contribution in [3.63, 3.8) is 0 Å². The Morgan fingerprint density at radius 2 is 1.64 bits per heavy atom. The number of amides is 1. The summed E-state index contributed by atoms with van der Waals surface area (Å²) in [6.07, 6.45) is 1.70. The molecule has 1 amide bonds. The van der Waals surface area contributed by atoms with E-state index in [4.69, 9.17) is 58.7 Å². The van der Waals surface area contributed by atoms with Crippen LogP contribution in [0.2, 0.25) is 15.1 Å². The van der Waals surface area contributed by atoms with Crippen LogP contribution in [0.15, 0.2) is 99.9 Å². The molecular weight excluding hydrogens is 721 g/mol. The number of anilines is 1. The van der Waals surface area contributed by atoms with Crippen molar-refractivity contribution in [2.75, 3.05) is 26.6 Å². The van der Waals surface area contributed by atoms with E-state index in [0.717, 1.165) is 5.56 Å². The molecule has 0 fully saturated rings. The van der Waals surface area contributed by atoms with E-state index in [1.807, 2.05) is 18.2 Å². The minimum Gasteiger partial charge on any atom is -0.493 e. The summed E-state index contributed by atoms with van der Waals surface area (Å²) in [6, 6.07) is 22.1. The number of aromatic nitrogens is 1. The molecule has 0 spiro atoms. The second-order valence-corrected chi connectivity index (χ2v) is 13.3. The molecule has 5 aromatic rings. The number of fused-ring (bicyclic) bond motifs is 1. The first kappa shape index (κ1) is 35.1. The maximum absolute atomic E-state index is 14.3. The average molecular weight is 751 g/mol. The van der Waals surface area contributed by atoms with Gasteiger partial charge in [0.15, 0.2) is 27.8 Å². The molecule has 0 saturated carbocycles. The molecule has 256 valence electrons. The summed E-state index contributed by atoms with van der Waals surface area (Å²) in [5.74, 6) is 1.25. The van der Waals surface area contributed by atoms with Gasteiger partial charge in [-0.3, -0.25) is 14.2 Å². The largest absolute Gasteiger partial charge is 0.493 e. The van der Waals surface area contributed by atoms with Crippen LogP contribution in [0.4, 0.5) is 5.69 Å². The summed E-state index contributed by atoms with van der Waals surface area (Å²) in [5, 5.41) is 4.20. The van der Waals surface area contributed by atoms with Crippen LogP contribution in [0.5, 0.6) is 23.0 Å². The second kappa shape index (κ2) is 15.0. The van der Waals surface area contributed by atoms with Gasteiger partial charge >= 0.3 is 0 Å². The molecule has 1 atom stereocenters. The Hall–Kier alpha value is -4.74. The summed E-state index contributed by atoms with van der Waals surface area (Å²) in [5.41, 5.74) is 2.99. The first-order valence-corrected chi connectivity index (χ1v) is 17.1. The Kier molecular flexibility index (Phi) is 10.5. The molecule has 6 rings (SSSR count). The molecule has 4 aromatic carbocycles. The van der Waals surface area contributed by atoms with E-state index in [1.54, 1.807) is 80.8 Å². The number of thiazole rings is 1. The van der Waals surface area contributed by atoms with Crippen molar-refractivity contribution < 1.29 is 23.7 Å². The van der Waals surface area contributed by atoms with Crippen molar-refractivity contribution in [3.8, 4) is 23.0 Å². The Labute approximate surface area is 306 Å². The molecule has 0 aliphatic carbocycles. The van der Waals surface area contributed by atoms with Crippen molar-refractivity contribution in [2.24, 2.45) is 4.99 Å². The molecule has 2 heterocycles. The number of ether oxygens (including phenoxy) is 4. The van der Waals surface area contributed by atoms with Gasteiger partial charge in [0.1, 0.15) is 6.61 Å². The van der Waals surface area contributed by atoms with Crippen LogP contribution in [-0.2, 0) is 11.4 Å². The first-order valence-electron chi connectivity index (χ1n) is 15.2. The Balaban J connectivity index is 1.43. The van der Waals surface area contributed by atoms with Crippen molar-refractivity contribution in [3.05, 3.63) is 142 Å². The van der Waals surface area contributed by atoms with E-state index in [0.29, 0.717) is 70.5 Å². The van der Waals surface area contributed by atoms with Crippen LogP contribution in [-0.4, -0.2) is 31.8 Å².